The first kappa shape index (κ1) is 21.4. The van der Waals surface area contributed by atoms with Crippen LogP contribution in [0.5, 0.6) is 0 Å². The van der Waals surface area contributed by atoms with Gasteiger partial charge in [0, 0.05) is 0 Å². The molecule has 1 aliphatic carbocycles. The standard InChI is InChI=1S/C15H21F6IN2O3/c1-11(2,15-22(23-15)24-15)10(25)27-9(7-8-5-3-4-6-8)12(26,13(16,17)18)14(19,20)21/h8-9,23-24,26H,3-7H2,1-2H3. The molecule has 0 aromatic heterocycles. The van der Waals surface area contributed by atoms with E-state index in [4.69, 9.17) is 4.74 Å². The van der Waals surface area contributed by atoms with E-state index in [-0.39, 0.29) is 0 Å². The van der Waals surface area contributed by atoms with Crippen LogP contribution in [0.3, 0.4) is 0 Å². The van der Waals surface area contributed by atoms with Gasteiger partial charge in [-0.25, -0.2) is 0 Å². The third kappa shape index (κ3) is 3.33. The fourth-order valence-corrected chi connectivity index (χ4v) is 9.06. The number of rotatable bonds is 6. The maximum absolute atomic E-state index is 13.3. The Morgan fingerprint density at radius 1 is 1.15 bits per heavy atom. The second kappa shape index (κ2) is 6.33. The summed E-state index contributed by atoms with van der Waals surface area (Å²) < 4.78 is 90.2. The van der Waals surface area contributed by atoms with Crippen LogP contribution in [0.25, 0.3) is 0 Å². The Hall–Kier alpha value is -0.340. The molecule has 12 heteroatoms. The third-order valence-electron chi connectivity index (χ3n) is 5.63. The number of nitrogens with one attached hydrogen (secondary N) is 2. The molecule has 3 rings (SSSR count). The van der Waals surface area contributed by atoms with Gasteiger partial charge in [-0.05, 0) is 0 Å². The molecule has 2 saturated heterocycles. The van der Waals surface area contributed by atoms with Crippen molar-refractivity contribution in [3.63, 3.8) is 0 Å². The molecule has 1 atom stereocenters. The predicted octanol–water partition coefficient (Wildman–Crippen LogP) is 3.56. The van der Waals surface area contributed by atoms with E-state index < -0.39 is 71.8 Å². The van der Waals surface area contributed by atoms with E-state index in [1.807, 2.05) is 0 Å². The summed E-state index contributed by atoms with van der Waals surface area (Å²) >= 11 is -1.70. The summed E-state index contributed by atoms with van der Waals surface area (Å²) in [6.07, 6.45) is -13.3. The van der Waals surface area contributed by atoms with Crippen LogP contribution in [0, 0.1) is 11.3 Å². The molecule has 3 N–H and O–H groups in total. The van der Waals surface area contributed by atoms with Gasteiger partial charge in [0.05, 0.1) is 0 Å². The van der Waals surface area contributed by atoms with Crippen LogP contribution >= 0.6 is 20.4 Å². The van der Waals surface area contributed by atoms with Crippen LogP contribution in [0.15, 0.2) is 0 Å². The topological polar surface area (TPSA) is 90.4 Å². The van der Waals surface area contributed by atoms with Gasteiger partial charge in [0.1, 0.15) is 0 Å². The average Bonchev–Trinajstić information content (AvgIpc) is 3.32. The minimum atomic E-state index is -6.04. The van der Waals surface area contributed by atoms with Crippen molar-refractivity contribution in [1.29, 1.82) is 0 Å². The van der Waals surface area contributed by atoms with Gasteiger partial charge in [0.15, 0.2) is 0 Å². The number of esters is 1. The second-order valence-corrected chi connectivity index (χ2v) is 12.1. The van der Waals surface area contributed by atoms with E-state index in [2.05, 4.69) is 7.06 Å². The number of ether oxygens (including phenoxy) is 1. The summed E-state index contributed by atoms with van der Waals surface area (Å²) in [5, 5.41) is 9.80. The van der Waals surface area contributed by atoms with Crippen LogP contribution in [0.4, 0.5) is 26.3 Å². The number of carbonyl (C=O) groups excluding carboxylic acids is 1. The number of alkyl halides is 7. The predicted molar refractivity (Wildman–Crippen MR) is 90.3 cm³/mol. The molecule has 0 spiro atoms. The zero-order valence-corrected chi connectivity index (χ0v) is 16.8. The van der Waals surface area contributed by atoms with Gasteiger partial charge >= 0.3 is 159 Å². The fraction of sp³-hybridized carbons (Fsp3) is 0.933. The van der Waals surface area contributed by atoms with Crippen molar-refractivity contribution in [2.45, 2.75) is 73.7 Å². The van der Waals surface area contributed by atoms with Crippen LogP contribution in [0.2, 0.25) is 0 Å². The molecule has 0 amide bonds. The Labute approximate surface area is 159 Å². The molecule has 158 valence electrons. The molecule has 5 nitrogen and oxygen atoms in total. The average molecular weight is 518 g/mol. The van der Waals surface area contributed by atoms with E-state index in [0.717, 1.165) is 0 Å². The van der Waals surface area contributed by atoms with Crippen LogP contribution in [0.1, 0.15) is 46.0 Å². The minimum absolute atomic E-state index is 0.437. The molecule has 0 radical (unpaired) electrons. The van der Waals surface area contributed by atoms with Gasteiger partial charge in [0.2, 0.25) is 0 Å². The normalized spacial score (nSPS) is 25.1. The van der Waals surface area contributed by atoms with E-state index in [9.17, 15) is 36.2 Å². The second-order valence-electron chi connectivity index (χ2n) is 7.80. The molecular weight excluding hydrogens is 497 g/mol. The Morgan fingerprint density at radius 3 is 1.96 bits per heavy atom. The summed E-state index contributed by atoms with van der Waals surface area (Å²) in [7, 11) is 0. The maximum atomic E-state index is 13.3. The van der Waals surface area contributed by atoms with E-state index in [0.29, 0.717) is 25.7 Å². The molecule has 0 aromatic carbocycles. The summed E-state index contributed by atoms with van der Waals surface area (Å²) in [5.41, 5.74) is -6.44. The molecule has 2 aliphatic heterocycles. The van der Waals surface area contributed by atoms with Crippen LogP contribution in [-0.2, 0) is 9.53 Å². The Morgan fingerprint density at radius 2 is 1.59 bits per heavy atom. The fourth-order valence-electron chi connectivity index (χ4n) is 3.49. The van der Waals surface area contributed by atoms with Crippen LogP contribution < -0.4 is 7.06 Å². The Balaban J connectivity index is 1.88. The van der Waals surface area contributed by atoms with Gasteiger partial charge in [-0.15, -0.1) is 0 Å². The SMILES string of the molecule is CC(C)(C(=O)OC(CC1CCCC1)C(O)(C(F)(F)F)C(F)(F)F)C12NI1N2. The number of aliphatic hydroxyl groups is 1. The van der Waals surface area contributed by atoms with E-state index >= 15 is 0 Å². The number of hydrogen-bond donors (Lipinski definition) is 3. The Bertz CT molecular complexity index is 598. The number of fused-ring (bicyclic) bond motifs is 1. The summed E-state index contributed by atoms with van der Waals surface area (Å²) in [6.45, 7) is 2.82. The van der Waals surface area contributed by atoms with Gasteiger partial charge < -0.3 is 0 Å². The van der Waals surface area contributed by atoms with E-state index in [1.54, 1.807) is 0 Å². The zero-order chi connectivity index (χ0) is 20.5. The summed E-state index contributed by atoms with van der Waals surface area (Å²) in [4.78, 5) is 12.5. The van der Waals surface area contributed by atoms with Gasteiger partial charge in [-0.2, -0.15) is 0 Å². The molecule has 1 unspecified atom stereocenters. The van der Waals surface area contributed by atoms with Gasteiger partial charge in [-0.1, -0.05) is 0 Å². The molecule has 3 fully saturated rings. The quantitative estimate of drug-likeness (QED) is 0.0953. The van der Waals surface area contributed by atoms with Crippen molar-refractivity contribution in [3.8, 4) is 0 Å². The van der Waals surface area contributed by atoms with Crippen molar-refractivity contribution in [2.75, 3.05) is 0 Å². The number of halogens is 7. The van der Waals surface area contributed by atoms with Crippen molar-refractivity contribution in [3.05, 3.63) is 0 Å². The van der Waals surface area contributed by atoms with Crippen molar-refractivity contribution in [1.82, 2.24) is 7.06 Å². The molecule has 1 saturated carbocycles. The van der Waals surface area contributed by atoms with Gasteiger partial charge in [-0.3, -0.25) is 0 Å². The van der Waals surface area contributed by atoms with Crippen molar-refractivity contribution >= 4 is 26.3 Å². The molecule has 0 aromatic rings. The first-order valence-electron chi connectivity index (χ1n) is 8.49. The first-order chi connectivity index (χ1) is 12.2. The third-order valence-corrected chi connectivity index (χ3v) is 10.8. The Kier molecular flexibility index (Phi) is 5.01. The number of carbonyl (C=O) groups is 1. The summed E-state index contributed by atoms with van der Waals surface area (Å²) in [5.74, 6) is -1.66. The molecule has 3 aliphatic rings. The van der Waals surface area contributed by atoms with Crippen molar-refractivity contribution in [2.24, 2.45) is 11.3 Å². The monoisotopic (exact) mass is 518 g/mol. The van der Waals surface area contributed by atoms with Crippen molar-refractivity contribution < 1.29 is 41.0 Å². The molecule has 2 heterocycles. The molecular formula is C15H21F6IN2O3. The van der Waals surface area contributed by atoms with Crippen LogP contribution in [-0.4, -0.2) is 38.8 Å². The zero-order valence-electron chi connectivity index (χ0n) is 14.6. The molecule has 27 heavy (non-hydrogen) atoms. The summed E-state index contributed by atoms with van der Waals surface area (Å²) in [6, 6.07) is 0. The number of hydrogen-bond acceptors (Lipinski definition) is 5. The molecule has 0 bridgehead atoms. The van der Waals surface area contributed by atoms with E-state index in [1.165, 1.54) is 13.8 Å². The van der Waals surface area contributed by atoms with Gasteiger partial charge in [0.25, 0.3) is 0 Å². The first-order valence-corrected chi connectivity index (χ1v) is 11.7.